The van der Waals surface area contributed by atoms with Crippen molar-refractivity contribution in [1.82, 2.24) is 15.5 Å². The first-order valence-corrected chi connectivity index (χ1v) is 8.32. The fourth-order valence-corrected chi connectivity index (χ4v) is 3.52. The molecule has 1 saturated heterocycles. The molecule has 6 heteroatoms. The minimum atomic E-state index is 0.119. The molecule has 2 heterocycles. The maximum Gasteiger partial charge on any atom is 0.238 e. The molecule has 1 amide bonds. The van der Waals surface area contributed by atoms with Crippen molar-refractivity contribution in [1.29, 1.82) is 0 Å². The number of hydrogen-bond donors (Lipinski definition) is 2. The van der Waals surface area contributed by atoms with E-state index in [0.29, 0.717) is 11.6 Å². The number of nitrogens with zero attached hydrogens (tertiary/aromatic N) is 2. The molecule has 1 aromatic heterocycles. The van der Waals surface area contributed by atoms with Crippen LogP contribution >= 0.6 is 0 Å². The second-order valence-corrected chi connectivity index (χ2v) is 6.55. The average Bonchev–Trinajstić information content (AvgIpc) is 3.30. The Morgan fingerprint density at radius 2 is 2.12 bits per heavy atom. The van der Waals surface area contributed by atoms with Crippen LogP contribution in [-0.2, 0) is 4.79 Å². The Hall–Kier alpha value is -2.47. The Kier molecular flexibility index (Phi) is 3.90. The second-order valence-electron chi connectivity index (χ2n) is 6.55. The normalized spacial score (nSPS) is 21.2. The fourth-order valence-electron chi connectivity index (χ4n) is 3.52. The van der Waals surface area contributed by atoms with Crippen LogP contribution in [0.25, 0.3) is 0 Å². The summed E-state index contributed by atoms with van der Waals surface area (Å²) in [6.07, 6.45) is 4.80. The SMILES string of the molecule is O=C(Nc1cccc(Oc2cccnn2)c1)C1CC12CCNCC2. The number of amides is 1. The van der Waals surface area contributed by atoms with Crippen LogP contribution in [0.5, 0.6) is 11.6 Å². The number of carbonyl (C=O) groups is 1. The van der Waals surface area contributed by atoms with Crippen molar-refractivity contribution in [3.05, 3.63) is 42.6 Å². The maximum absolute atomic E-state index is 12.5. The molecule has 1 saturated carbocycles. The van der Waals surface area contributed by atoms with E-state index in [1.54, 1.807) is 18.3 Å². The third-order valence-electron chi connectivity index (χ3n) is 4.98. The Bertz CT molecular complexity index is 729. The van der Waals surface area contributed by atoms with Crippen LogP contribution in [-0.4, -0.2) is 29.2 Å². The summed E-state index contributed by atoms with van der Waals surface area (Å²) < 4.78 is 5.65. The summed E-state index contributed by atoms with van der Waals surface area (Å²) >= 11 is 0. The van der Waals surface area contributed by atoms with E-state index in [2.05, 4.69) is 20.8 Å². The molecule has 1 spiro atoms. The van der Waals surface area contributed by atoms with Crippen LogP contribution < -0.4 is 15.4 Å². The zero-order valence-corrected chi connectivity index (χ0v) is 13.4. The molecule has 2 fully saturated rings. The topological polar surface area (TPSA) is 76.1 Å². The Balaban J connectivity index is 1.40. The molecule has 1 aromatic carbocycles. The maximum atomic E-state index is 12.5. The molecule has 1 unspecified atom stereocenters. The third kappa shape index (κ3) is 3.10. The lowest BCUT2D eigenvalue weighted by atomic mass is 9.92. The number of nitrogens with one attached hydrogen (secondary N) is 2. The van der Waals surface area contributed by atoms with Gasteiger partial charge in [-0.25, -0.2) is 0 Å². The smallest absolute Gasteiger partial charge is 0.238 e. The van der Waals surface area contributed by atoms with Gasteiger partial charge in [0.2, 0.25) is 11.8 Å². The lowest BCUT2D eigenvalue weighted by Gasteiger charge is -2.23. The molecule has 1 aliphatic carbocycles. The molecule has 0 radical (unpaired) electrons. The van der Waals surface area contributed by atoms with E-state index in [0.717, 1.165) is 38.0 Å². The number of hydrogen-bond acceptors (Lipinski definition) is 5. The highest BCUT2D eigenvalue weighted by Crippen LogP contribution is 2.58. The van der Waals surface area contributed by atoms with Gasteiger partial charge in [-0.05, 0) is 56.0 Å². The summed E-state index contributed by atoms with van der Waals surface area (Å²) in [5.74, 6) is 1.32. The van der Waals surface area contributed by atoms with Gasteiger partial charge in [-0.1, -0.05) is 6.07 Å². The van der Waals surface area contributed by atoms with Crippen LogP contribution in [0, 0.1) is 11.3 Å². The Morgan fingerprint density at radius 3 is 2.92 bits per heavy atom. The van der Waals surface area contributed by atoms with Crippen molar-refractivity contribution < 1.29 is 9.53 Å². The zero-order chi connectivity index (χ0) is 16.4. The highest BCUT2D eigenvalue weighted by molar-refractivity contribution is 5.95. The van der Waals surface area contributed by atoms with Crippen molar-refractivity contribution in [2.45, 2.75) is 19.3 Å². The zero-order valence-electron chi connectivity index (χ0n) is 13.4. The highest BCUT2D eigenvalue weighted by Gasteiger charge is 2.57. The Morgan fingerprint density at radius 1 is 1.25 bits per heavy atom. The number of benzene rings is 1. The molecule has 1 aliphatic heterocycles. The lowest BCUT2D eigenvalue weighted by Crippen LogP contribution is -2.31. The second kappa shape index (κ2) is 6.20. The molecule has 4 rings (SSSR count). The lowest BCUT2D eigenvalue weighted by molar-refractivity contribution is -0.118. The molecule has 124 valence electrons. The van der Waals surface area contributed by atoms with E-state index in [-0.39, 0.29) is 17.2 Å². The monoisotopic (exact) mass is 324 g/mol. The standard InChI is InChI=1S/C18H20N4O2/c23-17(15-12-18(15)6-9-19-10-7-18)21-13-3-1-4-14(11-13)24-16-5-2-8-20-22-16/h1-5,8,11,15,19H,6-7,9-10,12H2,(H,21,23). The van der Waals surface area contributed by atoms with Crippen LogP contribution in [0.3, 0.4) is 0 Å². The van der Waals surface area contributed by atoms with Crippen molar-refractivity contribution in [2.24, 2.45) is 11.3 Å². The van der Waals surface area contributed by atoms with E-state index >= 15 is 0 Å². The van der Waals surface area contributed by atoms with E-state index < -0.39 is 0 Å². The summed E-state index contributed by atoms with van der Waals surface area (Å²) in [5.41, 5.74) is 0.987. The first-order chi connectivity index (χ1) is 11.8. The summed E-state index contributed by atoms with van der Waals surface area (Å²) in [4.78, 5) is 12.5. The van der Waals surface area contributed by atoms with Crippen LogP contribution in [0.15, 0.2) is 42.6 Å². The molecule has 6 nitrogen and oxygen atoms in total. The van der Waals surface area contributed by atoms with Crippen LogP contribution in [0.4, 0.5) is 5.69 Å². The number of piperidine rings is 1. The summed E-state index contributed by atoms with van der Waals surface area (Å²) in [6, 6.07) is 10.9. The molecular weight excluding hydrogens is 304 g/mol. The number of rotatable bonds is 4. The number of carbonyl (C=O) groups excluding carboxylic acids is 1. The van der Waals surface area contributed by atoms with Crippen molar-refractivity contribution in [3.63, 3.8) is 0 Å². The molecule has 2 N–H and O–H groups in total. The minimum absolute atomic E-state index is 0.119. The number of ether oxygens (including phenoxy) is 1. The van der Waals surface area contributed by atoms with Crippen molar-refractivity contribution >= 4 is 11.6 Å². The molecule has 24 heavy (non-hydrogen) atoms. The minimum Gasteiger partial charge on any atom is -0.437 e. The molecule has 1 atom stereocenters. The van der Waals surface area contributed by atoms with E-state index in [9.17, 15) is 4.79 Å². The first-order valence-electron chi connectivity index (χ1n) is 8.32. The van der Waals surface area contributed by atoms with Gasteiger partial charge in [0.15, 0.2) is 0 Å². The summed E-state index contributed by atoms with van der Waals surface area (Å²) in [6.45, 7) is 2.04. The summed E-state index contributed by atoms with van der Waals surface area (Å²) in [7, 11) is 0. The van der Waals surface area contributed by atoms with Gasteiger partial charge in [0.05, 0.1) is 0 Å². The van der Waals surface area contributed by atoms with Gasteiger partial charge in [0, 0.05) is 29.9 Å². The van der Waals surface area contributed by atoms with Gasteiger partial charge in [0.1, 0.15) is 5.75 Å². The number of aromatic nitrogens is 2. The molecule has 0 bridgehead atoms. The first kappa shape index (κ1) is 15.1. The predicted octanol–water partition coefficient (Wildman–Crippen LogP) is 2.60. The van der Waals surface area contributed by atoms with Gasteiger partial charge in [-0.2, -0.15) is 5.10 Å². The van der Waals surface area contributed by atoms with Gasteiger partial charge < -0.3 is 15.4 Å². The molecule has 2 aliphatic rings. The third-order valence-corrected chi connectivity index (χ3v) is 4.98. The van der Waals surface area contributed by atoms with Gasteiger partial charge in [-0.15, -0.1) is 5.10 Å². The van der Waals surface area contributed by atoms with Crippen LogP contribution in [0.1, 0.15) is 19.3 Å². The molecule has 2 aromatic rings. The van der Waals surface area contributed by atoms with Gasteiger partial charge in [-0.3, -0.25) is 4.79 Å². The highest BCUT2D eigenvalue weighted by atomic mass is 16.5. The van der Waals surface area contributed by atoms with Gasteiger partial charge >= 0.3 is 0 Å². The number of anilines is 1. The average molecular weight is 324 g/mol. The van der Waals surface area contributed by atoms with E-state index in [1.165, 1.54) is 0 Å². The summed E-state index contributed by atoms with van der Waals surface area (Å²) in [5, 5.41) is 14.1. The molecular formula is C18H20N4O2. The van der Waals surface area contributed by atoms with Crippen molar-refractivity contribution in [3.8, 4) is 11.6 Å². The predicted molar refractivity (Wildman–Crippen MR) is 89.8 cm³/mol. The largest absolute Gasteiger partial charge is 0.437 e. The van der Waals surface area contributed by atoms with E-state index in [4.69, 9.17) is 4.74 Å². The fraction of sp³-hybridized carbons (Fsp3) is 0.389. The quantitative estimate of drug-likeness (QED) is 0.904. The van der Waals surface area contributed by atoms with E-state index in [1.807, 2.05) is 24.3 Å². The Labute approximate surface area is 140 Å². The van der Waals surface area contributed by atoms with Crippen molar-refractivity contribution in [2.75, 3.05) is 18.4 Å². The van der Waals surface area contributed by atoms with Gasteiger partial charge in [0.25, 0.3) is 0 Å². The van der Waals surface area contributed by atoms with Crippen LogP contribution in [0.2, 0.25) is 0 Å².